The van der Waals surface area contributed by atoms with E-state index in [9.17, 15) is 0 Å². The van der Waals surface area contributed by atoms with Gasteiger partial charge in [0, 0.05) is 19.7 Å². The van der Waals surface area contributed by atoms with Gasteiger partial charge in [0.05, 0.1) is 6.34 Å². The monoisotopic (exact) mass is 256 g/mol. The lowest BCUT2D eigenvalue weighted by Crippen LogP contribution is -2.08. The van der Waals surface area contributed by atoms with Gasteiger partial charge in [0.1, 0.15) is 17.2 Å². The summed E-state index contributed by atoms with van der Waals surface area (Å²) in [4.78, 5) is 6.33. The van der Waals surface area contributed by atoms with Crippen molar-refractivity contribution in [3.05, 3.63) is 66.6 Å². The molecule has 0 aliphatic heterocycles. The maximum atomic E-state index is 5.58. The van der Waals surface area contributed by atoms with E-state index in [-0.39, 0.29) is 0 Å². The second-order valence-electron chi connectivity index (χ2n) is 4.25. The number of hydrogen-bond donors (Lipinski definition) is 0. The van der Waals surface area contributed by atoms with Crippen molar-refractivity contribution in [2.45, 2.75) is 6.92 Å². The number of aliphatic imine (C=N–C) groups is 1. The normalized spacial score (nSPS) is 11.9. The fraction of sp³-hybridized carbons (Fsp3) is 0.188. The molecule has 0 fully saturated rings. The fourth-order valence-corrected chi connectivity index (χ4v) is 1.42. The van der Waals surface area contributed by atoms with Crippen LogP contribution in [0.4, 0.5) is 0 Å². The Morgan fingerprint density at radius 3 is 2.42 bits per heavy atom. The molecule has 1 aromatic rings. The van der Waals surface area contributed by atoms with Crippen molar-refractivity contribution in [1.29, 1.82) is 0 Å². The molecule has 0 aliphatic rings. The van der Waals surface area contributed by atoms with Crippen LogP contribution in [0.3, 0.4) is 0 Å². The van der Waals surface area contributed by atoms with Gasteiger partial charge in [0.25, 0.3) is 0 Å². The van der Waals surface area contributed by atoms with Gasteiger partial charge in [-0.15, -0.1) is 0 Å². The average molecular weight is 256 g/mol. The molecule has 0 bridgehead atoms. The molecule has 1 aromatic carbocycles. The average Bonchev–Trinajstić information content (AvgIpc) is 2.39. The van der Waals surface area contributed by atoms with Gasteiger partial charge >= 0.3 is 0 Å². The Kier molecular flexibility index (Phi) is 5.61. The zero-order valence-electron chi connectivity index (χ0n) is 11.8. The van der Waals surface area contributed by atoms with Crippen LogP contribution in [0.2, 0.25) is 0 Å². The van der Waals surface area contributed by atoms with Crippen LogP contribution in [0.5, 0.6) is 0 Å². The summed E-state index contributed by atoms with van der Waals surface area (Å²) in [5.41, 5.74) is 1.77. The summed E-state index contributed by atoms with van der Waals surface area (Å²) < 4.78 is 5.58. The smallest absolute Gasteiger partial charge is 0.127 e. The van der Waals surface area contributed by atoms with Gasteiger partial charge in [-0.2, -0.15) is 0 Å². The highest BCUT2D eigenvalue weighted by molar-refractivity contribution is 5.74. The van der Waals surface area contributed by atoms with Gasteiger partial charge in [-0.25, -0.2) is 4.99 Å². The molecular formula is C16H20N2O. The van der Waals surface area contributed by atoms with Gasteiger partial charge in [-0.3, -0.25) is 0 Å². The van der Waals surface area contributed by atoms with Crippen LogP contribution < -0.4 is 0 Å². The van der Waals surface area contributed by atoms with Crippen molar-refractivity contribution >= 4 is 12.0 Å². The third kappa shape index (κ3) is 4.84. The number of ether oxygens (including phenoxy) is 1. The van der Waals surface area contributed by atoms with Gasteiger partial charge in [-0.05, 0) is 13.0 Å². The zero-order valence-corrected chi connectivity index (χ0v) is 11.8. The van der Waals surface area contributed by atoms with Crippen LogP contribution >= 0.6 is 0 Å². The summed E-state index contributed by atoms with van der Waals surface area (Å²) in [6.45, 7) is 9.24. The molecular weight excluding hydrogens is 236 g/mol. The Bertz CT molecular complexity index is 499. The molecule has 3 heteroatoms. The summed E-state index contributed by atoms with van der Waals surface area (Å²) in [5, 5.41) is 0. The van der Waals surface area contributed by atoms with E-state index in [1.807, 2.05) is 56.3 Å². The lowest BCUT2D eigenvalue weighted by Gasteiger charge is -2.11. The first-order chi connectivity index (χ1) is 9.04. The maximum absolute atomic E-state index is 5.58. The molecule has 0 saturated heterocycles. The molecule has 100 valence electrons. The third-order valence-corrected chi connectivity index (χ3v) is 2.31. The highest BCUT2D eigenvalue weighted by Gasteiger charge is 2.06. The van der Waals surface area contributed by atoms with Crippen molar-refractivity contribution < 1.29 is 4.74 Å². The third-order valence-electron chi connectivity index (χ3n) is 2.31. The van der Waals surface area contributed by atoms with Crippen molar-refractivity contribution in [2.75, 3.05) is 14.1 Å². The van der Waals surface area contributed by atoms with E-state index >= 15 is 0 Å². The molecule has 0 heterocycles. The Morgan fingerprint density at radius 1 is 1.26 bits per heavy atom. The maximum Gasteiger partial charge on any atom is 0.127 e. The molecule has 1 rings (SSSR count). The van der Waals surface area contributed by atoms with Gasteiger partial charge in [-0.1, -0.05) is 43.5 Å². The first-order valence-corrected chi connectivity index (χ1v) is 6.00. The molecule has 0 N–H and O–H groups in total. The Labute approximate surface area is 115 Å². The van der Waals surface area contributed by atoms with Crippen molar-refractivity contribution in [3.8, 4) is 0 Å². The van der Waals surface area contributed by atoms with Crippen LogP contribution in [-0.4, -0.2) is 25.3 Å². The number of nitrogens with zero attached hydrogens (tertiary/aromatic N) is 2. The number of hydrogen-bond acceptors (Lipinski definition) is 2. The molecule has 3 nitrogen and oxygen atoms in total. The highest BCUT2D eigenvalue weighted by Crippen LogP contribution is 2.22. The second-order valence-corrected chi connectivity index (χ2v) is 4.25. The van der Waals surface area contributed by atoms with Crippen molar-refractivity contribution in [1.82, 2.24) is 4.90 Å². The summed E-state index contributed by atoms with van der Waals surface area (Å²) >= 11 is 0. The van der Waals surface area contributed by atoms with Gasteiger partial charge in [0.2, 0.25) is 0 Å². The highest BCUT2D eigenvalue weighted by atomic mass is 16.5. The number of rotatable bonds is 6. The number of benzene rings is 1. The molecule has 0 spiro atoms. The molecule has 0 atom stereocenters. The minimum atomic E-state index is 0.506. The molecule has 0 unspecified atom stereocenters. The molecule has 0 saturated carbocycles. The number of allylic oxidation sites excluding steroid dienone is 2. The van der Waals surface area contributed by atoms with Crippen LogP contribution in [-0.2, 0) is 4.74 Å². The molecule has 0 aromatic heterocycles. The van der Waals surface area contributed by atoms with E-state index in [4.69, 9.17) is 4.74 Å². The Balaban J connectivity index is 3.15. The summed E-state index contributed by atoms with van der Waals surface area (Å²) in [6.07, 6.45) is 3.31. The predicted molar refractivity (Wildman–Crippen MR) is 81.6 cm³/mol. The summed E-state index contributed by atoms with van der Waals surface area (Å²) in [7, 11) is 3.84. The predicted octanol–water partition coefficient (Wildman–Crippen LogP) is 3.68. The molecule has 0 aliphatic carbocycles. The lowest BCUT2D eigenvalue weighted by molar-refractivity contribution is 0.326. The first-order valence-electron chi connectivity index (χ1n) is 6.00. The summed E-state index contributed by atoms with van der Waals surface area (Å²) in [6, 6.07) is 9.89. The van der Waals surface area contributed by atoms with E-state index in [1.54, 1.807) is 12.4 Å². The Hall–Kier alpha value is -2.29. The zero-order chi connectivity index (χ0) is 14.3. The molecule has 0 amide bonds. The SMILES string of the molecule is C=CC(=C)O/C(C)=C(/N=CN(C)C)c1ccccc1. The summed E-state index contributed by atoms with van der Waals surface area (Å²) in [5.74, 6) is 1.19. The largest absolute Gasteiger partial charge is 0.460 e. The van der Waals surface area contributed by atoms with Gasteiger partial charge in [0.15, 0.2) is 0 Å². The van der Waals surface area contributed by atoms with Crippen LogP contribution in [0.15, 0.2) is 66.1 Å². The first kappa shape index (κ1) is 14.8. The van der Waals surface area contributed by atoms with E-state index < -0.39 is 0 Å². The van der Waals surface area contributed by atoms with Crippen LogP contribution in [0, 0.1) is 0 Å². The van der Waals surface area contributed by atoms with Crippen LogP contribution in [0.1, 0.15) is 12.5 Å². The molecule has 0 radical (unpaired) electrons. The standard InChI is InChI=1S/C16H20N2O/c1-6-13(2)19-14(3)16(17-12-18(4)5)15-10-8-7-9-11-15/h6-12H,1-2H2,3-5H3/b16-14+,17-12?. The van der Waals surface area contributed by atoms with E-state index in [0.717, 1.165) is 11.3 Å². The second kappa shape index (κ2) is 7.21. The molecule has 19 heavy (non-hydrogen) atoms. The topological polar surface area (TPSA) is 24.8 Å². The van der Waals surface area contributed by atoms with Crippen molar-refractivity contribution in [2.24, 2.45) is 4.99 Å². The lowest BCUT2D eigenvalue weighted by atomic mass is 10.1. The van der Waals surface area contributed by atoms with Crippen molar-refractivity contribution in [3.63, 3.8) is 0 Å². The minimum absolute atomic E-state index is 0.506. The quantitative estimate of drug-likeness (QED) is 0.336. The van der Waals surface area contributed by atoms with E-state index in [0.29, 0.717) is 11.5 Å². The van der Waals surface area contributed by atoms with Crippen LogP contribution in [0.25, 0.3) is 5.70 Å². The Morgan fingerprint density at radius 2 is 1.89 bits per heavy atom. The minimum Gasteiger partial charge on any atom is -0.460 e. The van der Waals surface area contributed by atoms with Gasteiger partial charge < -0.3 is 9.64 Å². The van der Waals surface area contributed by atoms with E-state index in [1.165, 1.54) is 0 Å². The van der Waals surface area contributed by atoms with E-state index in [2.05, 4.69) is 18.2 Å². The fourth-order valence-electron chi connectivity index (χ4n) is 1.42.